The Labute approximate surface area is 105 Å². The first-order chi connectivity index (χ1) is 8.29. The quantitative estimate of drug-likeness (QED) is 0.769. The summed E-state index contributed by atoms with van der Waals surface area (Å²) in [5.41, 5.74) is 1.30. The number of thioether (sulfide) groups is 1. The number of aliphatic imine (C=N–C) groups is 1. The lowest BCUT2D eigenvalue weighted by atomic mass is 10.1. The third kappa shape index (κ3) is 3.33. The van der Waals surface area contributed by atoms with Crippen LogP contribution in [0.3, 0.4) is 0 Å². The van der Waals surface area contributed by atoms with Crippen LogP contribution in [-0.4, -0.2) is 29.9 Å². The van der Waals surface area contributed by atoms with Crippen LogP contribution >= 0.6 is 11.8 Å². The highest BCUT2D eigenvalue weighted by Crippen LogP contribution is 2.22. The molecule has 1 heterocycles. The monoisotopic (exact) mass is 249 g/mol. The van der Waals surface area contributed by atoms with Gasteiger partial charge in [-0.1, -0.05) is 30.3 Å². The van der Waals surface area contributed by atoms with Crippen molar-refractivity contribution >= 4 is 22.8 Å². The molecule has 0 N–H and O–H groups in total. The average Bonchev–Trinajstić information content (AvgIpc) is 2.85. The van der Waals surface area contributed by atoms with E-state index in [1.54, 1.807) is 11.8 Å². The van der Waals surface area contributed by atoms with Crippen molar-refractivity contribution in [2.24, 2.45) is 4.99 Å². The van der Waals surface area contributed by atoms with Crippen LogP contribution in [0, 0.1) is 0 Å². The Morgan fingerprint density at radius 2 is 2.18 bits per heavy atom. The number of carbonyl (C=O) groups excluding carboxylic acids is 1. The predicted octanol–water partition coefficient (Wildman–Crippen LogP) is 2.31. The predicted molar refractivity (Wildman–Crippen MR) is 70.5 cm³/mol. The zero-order valence-electron chi connectivity index (χ0n) is 9.76. The summed E-state index contributed by atoms with van der Waals surface area (Å²) in [7, 11) is 1.41. The molecule has 0 radical (unpaired) electrons. The van der Waals surface area contributed by atoms with Crippen molar-refractivity contribution in [3.8, 4) is 0 Å². The normalized spacial score (nSPS) is 18.9. The van der Waals surface area contributed by atoms with Gasteiger partial charge in [-0.15, -0.1) is 11.8 Å². The zero-order chi connectivity index (χ0) is 12.1. The van der Waals surface area contributed by atoms with Gasteiger partial charge in [0, 0.05) is 5.75 Å². The zero-order valence-corrected chi connectivity index (χ0v) is 10.6. The molecule has 0 aromatic heterocycles. The van der Waals surface area contributed by atoms with Crippen LogP contribution < -0.4 is 0 Å². The van der Waals surface area contributed by atoms with Crippen molar-refractivity contribution in [3.63, 3.8) is 0 Å². The van der Waals surface area contributed by atoms with Crippen LogP contribution in [0.2, 0.25) is 0 Å². The number of hydrogen-bond acceptors (Lipinski definition) is 4. The third-order valence-electron chi connectivity index (χ3n) is 2.65. The molecule has 0 spiro atoms. The second kappa shape index (κ2) is 5.87. The molecule has 0 amide bonds. The number of carbonyl (C=O) groups is 1. The first-order valence-corrected chi connectivity index (χ1v) is 6.59. The highest BCUT2D eigenvalue weighted by molar-refractivity contribution is 8.14. The summed E-state index contributed by atoms with van der Waals surface area (Å²) >= 11 is 1.66. The average molecular weight is 249 g/mol. The van der Waals surface area contributed by atoms with Gasteiger partial charge in [-0.2, -0.15) is 0 Å². The molecule has 0 saturated heterocycles. The summed E-state index contributed by atoms with van der Waals surface area (Å²) in [6.07, 6.45) is 1.88. The van der Waals surface area contributed by atoms with E-state index in [1.807, 2.05) is 18.2 Å². The Morgan fingerprint density at radius 1 is 1.41 bits per heavy atom. The van der Waals surface area contributed by atoms with Crippen molar-refractivity contribution in [1.29, 1.82) is 0 Å². The van der Waals surface area contributed by atoms with E-state index in [9.17, 15) is 4.79 Å². The molecule has 1 aromatic carbocycles. The maximum absolute atomic E-state index is 11.3. The lowest BCUT2D eigenvalue weighted by Crippen LogP contribution is -2.19. The van der Waals surface area contributed by atoms with Crippen molar-refractivity contribution in [2.75, 3.05) is 12.9 Å². The molecule has 1 aliphatic rings. The fraction of sp³-hybridized carbons (Fsp3) is 0.385. The van der Waals surface area contributed by atoms with Crippen LogP contribution in [0.1, 0.15) is 12.0 Å². The number of nitrogens with zero attached hydrogens (tertiary/aromatic N) is 1. The van der Waals surface area contributed by atoms with E-state index >= 15 is 0 Å². The second-order valence-corrected chi connectivity index (χ2v) is 4.95. The van der Waals surface area contributed by atoms with Gasteiger partial charge >= 0.3 is 5.97 Å². The Kier molecular flexibility index (Phi) is 4.20. The van der Waals surface area contributed by atoms with Crippen molar-refractivity contribution in [3.05, 3.63) is 35.9 Å². The SMILES string of the molecule is COC(=O)C1CSC(CCc2ccccc2)=N1. The second-order valence-electron chi connectivity index (χ2n) is 3.86. The highest BCUT2D eigenvalue weighted by Gasteiger charge is 2.25. The van der Waals surface area contributed by atoms with Gasteiger partial charge in [0.1, 0.15) is 0 Å². The molecule has 0 saturated carbocycles. The number of rotatable bonds is 4. The molecule has 17 heavy (non-hydrogen) atoms. The summed E-state index contributed by atoms with van der Waals surface area (Å²) in [6.45, 7) is 0. The van der Waals surface area contributed by atoms with Gasteiger partial charge in [0.05, 0.1) is 12.2 Å². The summed E-state index contributed by atoms with van der Waals surface area (Å²) in [5, 5.41) is 1.06. The van der Waals surface area contributed by atoms with Gasteiger partial charge in [0.2, 0.25) is 0 Å². The number of benzene rings is 1. The van der Waals surface area contributed by atoms with Gasteiger partial charge in [-0.25, -0.2) is 4.79 Å². The first-order valence-electron chi connectivity index (χ1n) is 5.61. The minimum atomic E-state index is -0.296. The molecule has 3 nitrogen and oxygen atoms in total. The fourth-order valence-corrected chi connectivity index (χ4v) is 2.72. The maximum Gasteiger partial charge on any atom is 0.331 e. The molecule has 1 atom stereocenters. The molecule has 0 fully saturated rings. The molecule has 1 aliphatic heterocycles. The van der Waals surface area contributed by atoms with E-state index in [1.165, 1.54) is 12.7 Å². The number of aryl methyl sites for hydroxylation is 1. The van der Waals surface area contributed by atoms with Gasteiger partial charge in [-0.3, -0.25) is 4.99 Å². The van der Waals surface area contributed by atoms with Crippen LogP contribution in [0.4, 0.5) is 0 Å². The van der Waals surface area contributed by atoms with Gasteiger partial charge < -0.3 is 4.74 Å². The number of ether oxygens (including phenoxy) is 1. The molecular formula is C13H15NO2S. The van der Waals surface area contributed by atoms with Crippen molar-refractivity contribution in [2.45, 2.75) is 18.9 Å². The molecule has 0 aliphatic carbocycles. The van der Waals surface area contributed by atoms with E-state index in [4.69, 9.17) is 0 Å². The molecule has 1 unspecified atom stereocenters. The Hall–Kier alpha value is -1.29. The number of hydrogen-bond donors (Lipinski definition) is 0. The molecule has 90 valence electrons. The van der Waals surface area contributed by atoms with Gasteiger partial charge in [-0.05, 0) is 18.4 Å². The first kappa shape index (κ1) is 12.2. The van der Waals surface area contributed by atoms with Crippen LogP contribution in [0.15, 0.2) is 35.3 Å². The van der Waals surface area contributed by atoms with E-state index < -0.39 is 0 Å². The van der Waals surface area contributed by atoms with Crippen LogP contribution in [0.5, 0.6) is 0 Å². The van der Waals surface area contributed by atoms with E-state index in [0.29, 0.717) is 0 Å². The van der Waals surface area contributed by atoms with Crippen LogP contribution in [0.25, 0.3) is 0 Å². The Morgan fingerprint density at radius 3 is 2.88 bits per heavy atom. The van der Waals surface area contributed by atoms with Gasteiger partial charge in [0.25, 0.3) is 0 Å². The maximum atomic E-state index is 11.3. The molecule has 1 aromatic rings. The van der Waals surface area contributed by atoms with E-state index in [2.05, 4.69) is 21.9 Å². The fourth-order valence-electron chi connectivity index (χ4n) is 1.71. The number of esters is 1. The highest BCUT2D eigenvalue weighted by atomic mass is 32.2. The molecule has 2 rings (SSSR count). The van der Waals surface area contributed by atoms with Gasteiger partial charge in [0.15, 0.2) is 6.04 Å². The summed E-state index contributed by atoms with van der Waals surface area (Å²) in [4.78, 5) is 15.7. The lowest BCUT2D eigenvalue weighted by Gasteiger charge is -2.01. The van der Waals surface area contributed by atoms with E-state index in [-0.39, 0.29) is 12.0 Å². The van der Waals surface area contributed by atoms with E-state index in [0.717, 1.165) is 23.6 Å². The Balaban J connectivity index is 1.87. The third-order valence-corrected chi connectivity index (χ3v) is 3.78. The standard InChI is InChI=1S/C13H15NO2S/c1-16-13(15)11-9-17-12(14-11)8-7-10-5-3-2-4-6-10/h2-6,11H,7-9H2,1H3. The minimum absolute atomic E-state index is 0.229. The summed E-state index contributed by atoms with van der Waals surface area (Å²) in [5.74, 6) is 0.490. The topological polar surface area (TPSA) is 38.7 Å². The summed E-state index contributed by atoms with van der Waals surface area (Å²) < 4.78 is 4.69. The Bertz CT molecular complexity index is 417. The van der Waals surface area contributed by atoms with Crippen molar-refractivity contribution < 1.29 is 9.53 Å². The molecule has 4 heteroatoms. The minimum Gasteiger partial charge on any atom is -0.467 e. The smallest absolute Gasteiger partial charge is 0.331 e. The molecular weight excluding hydrogens is 234 g/mol. The number of methoxy groups -OCH3 is 1. The largest absolute Gasteiger partial charge is 0.467 e. The summed E-state index contributed by atoms with van der Waals surface area (Å²) in [6, 6.07) is 10.0. The van der Waals surface area contributed by atoms with Crippen LogP contribution in [-0.2, 0) is 16.0 Å². The lowest BCUT2D eigenvalue weighted by molar-refractivity contribution is -0.141. The molecule has 0 bridgehead atoms. The van der Waals surface area contributed by atoms with Crippen molar-refractivity contribution in [1.82, 2.24) is 0 Å².